The van der Waals surface area contributed by atoms with Gasteiger partial charge in [-0.3, -0.25) is 14.8 Å². The summed E-state index contributed by atoms with van der Waals surface area (Å²) >= 11 is 1.34. The average molecular weight is 301 g/mol. The van der Waals surface area contributed by atoms with E-state index >= 15 is 0 Å². The van der Waals surface area contributed by atoms with Gasteiger partial charge in [0.2, 0.25) is 0 Å². The number of carbonyl (C=O) groups excluding carboxylic acids is 1. The summed E-state index contributed by atoms with van der Waals surface area (Å²) in [5.74, 6) is 5.53. The lowest BCUT2D eigenvalue weighted by molar-refractivity contribution is 0.0954. The SMILES string of the molecule is Cc1cnc(CNC(=O)c2sccc2C#CCCO)cn1. The van der Waals surface area contributed by atoms with Crippen LogP contribution in [0.25, 0.3) is 0 Å². The number of amides is 1. The zero-order valence-electron chi connectivity index (χ0n) is 11.6. The smallest absolute Gasteiger partial charge is 0.262 e. The number of aliphatic hydroxyl groups excluding tert-OH is 1. The van der Waals surface area contributed by atoms with Crippen molar-refractivity contribution in [2.24, 2.45) is 0 Å². The third-order valence-electron chi connectivity index (χ3n) is 2.60. The molecule has 1 amide bonds. The molecule has 0 aliphatic rings. The largest absolute Gasteiger partial charge is 0.395 e. The van der Waals surface area contributed by atoms with Gasteiger partial charge >= 0.3 is 0 Å². The predicted octanol–water partition coefficient (Wildman–Crippen LogP) is 1.51. The zero-order valence-corrected chi connectivity index (χ0v) is 12.4. The maximum atomic E-state index is 12.1. The number of nitrogens with zero attached hydrogens (tertiary/aromatic N) is 2. The number of aryl methyl sites for hydroxylation is 1. The highest BCUT2D eigenvalue weighted by Crippen LogP contribution is 2.15. The number of nitrogens with one attached hydrogen (secondary N) is 1. The number of rotatable bonds is 4. The molecule has 2 heterocycles. The third kappa shape index (κ3) is 4.38. The van der Waals surface area contributed by atoms with E-state index < -0.39 is 0 Å². The predicted molar refractivity (Wildman–Crippen MR) is 80.8 cm³/mol. The second-order valence-electron chi connectivity index (χ2n) is 4.27. The van der Waals surface area contributed by atoms with Crippen molar-refractivity contribution in [3.05, 3.63) is 45.7 Å². The highest BCUT2D eigenvalue weighted by atomic mass is 32.1. The van der Waals surface area contributed by atoms with E-state index in [-0.39, 0.29) is 12.5 Å². The highest BCUT2D eigenvalue weighted by molar-refractivity contribution is 7.12. The van der Waals surface area contributed by atoms with Crippen LogP contribution in [0.15, 0.2) is 23.8 Å². The fraction of sp³-hybridized carbons (Fsp3) is 0.267. The van der Waals surface area contributed by atoms with Crippen LogP contribution < -0.4 is 5.32 Å². The molecule has 2 aromatic heterocycles. The maximum Gasteiger partial charge on any atom is 0.262 e. The summed E-state index contributed by atoms with van der Waals surface area (Å²) in [6, 6.07) is 1.80. The first kappa shape index (κ1) is 15.2. The Labute approximate surface area is 127 Å². The van der Waals surface area contributed by atoms with Crippen molar-refractivity contribution in [1.29, 1.82) is 0 Å². The summed E-state index contributed by atoms with van der Waals surface area (Å²) in [7, 11) is 0. The third-order valence-corrected chi connectivity index (χ3v) is 3.51. The summed E-state index contributed by atoms with van der Waals surface area (Å²) in [6.07, 6.45) is 3.71. The van der Waals surface area contributed by atoms with E-state index in [2.05, 4.69) is 27.1 Å². The molecule has 0 aromatic carbocycles. The Morgan fingerprint density at radius 2 is 2.29 bits per heavy atom. The highest BCUT2D eigenvalue weighted by Gasteiger charge is 2.11. The molecule has 0 saturated carbocycles. The van der Waals surface area contributed by atoms with Crippen molar-refractivity contribution in [2.45, 2.75) is 19.9 Å². The van der Waals surface area contributed by atoms with Crippen LogP contribution in [0.2, 0.25) is 0 Å². The zero-order chi connectivity index (χ0) is 15.1. The lowest BCUT2D eigenvalue weighted by Crippen LogP contribution is -2.23. The van der Waals surface area contributed by atoms with Crippen LogP contribution >= 0.6 is 11.3 Å². The Kier molecular flexibility index (Phi) is 5.43. The van der Waals surface area contributed by atoms with Crippen LogP contribution in [0.1, 0.15) is 33.0 Å². The molecule has 0 spiro atoms. The first-order chi connectivity index (χ1) is 10.2. The minimum absolute atomic E-state index is 0.0186. The van der Waals surface area contributed by atoms with Crippen molar-refractivity contribution < 1.29 is 9.90 Å². The molecule has 6 heteroatoms. The standard InChI is InChI=1S/C15H15N3O2S/c1-11-8-17-13(9-16-11)10-18-15(20)14-12(5-7-21-14)4-2-3-6-19/h5,7-9,19H,3,6,10H2,1H3,(H,18,20). The van der Waals surface area contributed by atoms with Gasteiger partial charge in [-0.15, -0.1) is 11.3 Å². The van der Waals surface area contributed by atoms with E-state index in [1.165, 1.54) is 11.3 Å². The number of thiophene rings is 1. The molecule has 0 fully saturated rings. The molecule has 0 atom stereocenters. The van der Waals surface area contributed by atoms with Gasteiger partial charge in [0.25, 0.3) is 5.91 Å². The van der Waals surface area contributed by atoms with Crippen molar-refractivity contribution in [3.63, 3.8) is 0 Å². The molecule has 0 aliphatic heterocycles. The normalized spacial score (nSPS) is 9.81. The van der Waals surface area contributed by atoms with Gasteiger partial charge < -0.3 is 10.4 Å². The molecular formula is C15H15N3O2S. The van der Waals surface area contributed by atoms with Crippen molar-refractivity contribution in [3.8, 4) is 11.8 Å². The molecular weight excluding hydrogens is 286 g/mol. The Morgan fingerprint density at radius 1 is 1.43 bits per heavy atom. The van der Waals surface area contributed by atoms with Crippen LogP contribution in [-0.2, 0) is 6.54 Å². The van der Waals surface area contributed by atoms with Crippen LogP contribution in [0.3, 0.4) is 0 Å². The minimum Gasteiger partial charge on any atom is -0.395 e. The van der Waals surface area contributed by atoms with E-state index in [1.807, 2.05) is 12.3 Å². The molecule has 21 heavy (non-hydrogen) atoms. The van der Waals surface area contributed by atoms with Gasteiger partial charge in [-0.1, -0.05) is 11.8 Å². The van der Waals surface area contributed by atoms with E-state index in [0.717, 1.165) is 5.69 Å². The molecule has 2 aromatic rings. The van der Waals surface area contributed by atoms with Gasteiger partial charge in [-0.05, 0) is 18.4 Å². The molecule has 0 bridgehead atoms. The summed E-state index contributed by atoms with van der Waals surface area (Å²) in [5, 5.41) is 13.3. The molecule has 0 unspecified atom stereocenters. The quantitative estimate of drug-likeness (QED) is 0.839. The van der Waals surface area contributed by atoms with E-state index in [4.69, 9.17) is 5.11 Å². The van der Waals surface area contributed by atoms with Crippen LogP contribution in [0, 0.1) is 18.8 Å². The van der Waals surface area contributed by atoms with E-state index in [9.17, 15) is 4.79 Å². The van der Waals surface area contributed by atoms with Crippen molar-refractivity contribution in [2.75, 3.05) is 6.61 Å². The topological polar surface area (TPSA) is 75.1 Å². The van der Waals surface area contributed by atoms with Crippen LogP contribution in [-0.4, -0.2) is 27.6 Å². The molecule has 0 saturated heterocycles. The van der Waals surface area contributed by atoms with Crippen LogP contribution in [0.4, 0.5) is 0 Å². The van der Waals surface area contributed by atoms with Gasteiger partial charge in [0, 0.05) is 18.2 Å². The summed E-state index contributed by atoms with van der Waals surface area (Å²) < 4.78 is 0. The summed E-state index contributed by atoms with van der Waals surface area (Å²) in [6.45, 7) is 2.20. The second kappa shape index (κ2) is 7.53. The van der Waals surface area contributed by atoms with Gasteiger partial charge in [0.05, 0.1) is 30.7 Å². The summed E-state index contributed by atoms with van der Waals surface area (Å²) in [4.78, 5) is 21.0. The second-order valence-corrected chi connectivity index (χ2v) is 5.19. The van der Waals surface area contributed by atoms with Gasteiger partial charge in [0.15, 0.2) is 0 Å². The fourth-order valence-electron chi connectivity index (χ4n) is 1.56. The average Bonchev–Trinajstić information content (AvgIpc) is 2.95. The first-order valence-electron chi connectivity index (χ1n) is 6.43. The first-order valence-corrected chi connectivity index (χ1v) is 7.31. The lowest BCUT2D eigenvalue weighted by Gasteiger charge is -2.03. The Bertz CT molecular complexity index is 668. The fourth-order valence-corrected chi connectivity index (χ4v) is 2.32. The number of aromatic nitrogens is 2. The number of carbonyl (C=O) groups is 1. The van der Waals surface area contributed by atoms with Crippen LogP contribution in [0.5, 0.6) is 0 Å². The Hall–Kier alpha value is -2.23. The molecule has 2 rings (SSSR count). The van der Waals surface area contributed by atoms with E-state index in [1.54, 1.807) is 18.5 Å². The lowest BCUT2D eigenvalue weighted by atomic mass is 10.2. The van der Waals surface area contributed by atoms with E-state index in [0.29, 0.717) is 29.1 Å². The van der Waals surface area contributed by atoms with Crippen molar-refractivity contribution in [1.82, 2.24) is 15.3 Å². The molecule has 108 valence electrons. The Morgan fingerprint density at radius 3 is 3.00 bits per heavy atom. The minimum atomic E-state index is -0.180. The monoisotopic (exact) mass is 301 g/mol. The number of aliphatic hydroxyl groups is 1. The maximum absolute atomic E-state index is 12.1. The molecule has 5 nitrogen and oxygen atoms in total. The van der Waals surface area contributed by atoms with Gasteiger partial charge in [-0.25, -0.2) is 0 Å². The van der Waals surface area contributed by atoms with Gasteiger partial charge in [-0.2, -0.15) is 0 Å². The Balaban J connectivity index is 1.99. The van der Waals surface area contributed by atoms with Gasteiger partial charge in [0.1, 0.15) is 4.88 Å². The molecule has 2 N–H and O–H groups in total. The molecule has 0 aliphatic carbocycles. The number of hydrogen-bond donors (Lipinski definition) is 2. The molecule has 0 radical (unpaired) electrons. The van der Waals surface area contributed by atoms with Crippen molar-refractivity contribution >= 4 is 17.2 Å². The summed E-state index contributed by atoms with van der Waals surface area (Å²) in [5.41, 5.74) is 2.23. The number of hydrogen-bond acceptors (Lipinski definition) is 5.